The Hall–Kier alpha value is -1.34. The van der Waals surface area contributed by atoms with E-state index in [0.29, 0.717) is 16.6 Å². The van der Waals surface area contributed by atoms with Gasteiger partial charge in [0.15, 0.2) is 9.84 Å². The molecular formula is C19H23Cl2N3O2S. The predicted octanol–water partition coefficient (Wildman–Crippen LogP) is 3.89. The third kappa shape index (κ3) is 5.57. The second kappa shape index (κ2) is 8.78. The van der Waals surface area contributed by atoms with Crippen LogP contribution in [0.1, 0.15) is 18.4 Å². The van der Waals surface area contributed by atoms with Gasteiger partial charge in [-0.05, 0) is 55.8 Å². The molecule has 1 fully saturated rings. The van der Waals surface area contributed by atoms with Crippen molar-refractivity contribution in [3.05, 3.63) is 52.1 Å². The smallest absolute Gasteiger partial charge is 0.177 e. The molecule has 146 valence electrons. The number of aromatic nitrogens is 1. The Kier molecular flexibility index (Phi) is 6.63. The van der Waals surface area contributed by atoms with Crippen LogP contribution < -0.4 is 4.90 Å². The second-order valence-electron chi connectivity index (χ2n) is 6.84. The first-order valence-corrected chi connectivity index (χ1v) is 11.5. The lowest BCUT2D eigenvalue weighted by Gasteiger charge is -2.27. The average Bonchev–Trinajstić information content (AvgIpc) is 3.14. The van der Waals surface area contributed by atoms with Gasteiger partial charge in [0.1, 0.15) is 5.82 Å². The number of pyridine rings is 1. The molecule has 3 rings (SSSR count). The number of hydrogen-bond acceptors (Lipinski definition) is 5. The number of nitrogens with zero attached hydrogens (tertiary/aromatic N) is 3. The predicted molar refractivity (Wildman–Crippen MR) is 111 cm³/mol. The number of halogens is 2. The van der Waals surface area contributed by atoms with Crippen LogP contribution in [-0.2, 0) is 16.4 Å². The van der Waals surface area contributed by atoms with Gasteiger partial charge in [0, 0.05) is 32.1 Å². The lowest BCUT2D eigenvalue weighted by molar-refractivity contribution is 0.344. The number of hydrogen-bond donors (Lipinski definition) is 0. The Labute approximate surface area is 170 Å². The topological polar surface area (TPSA) is 53.5 Å². The summed E-state index contributed by atoms with van der Waals surface area (Å²) in [6.07, 6.45) is 5.09. The lowest BCUT2D eigenvalue weighted by atomic mass is 10.2. The van der Waals surface area contributed by atoms with E-state index >= 15 is 0 Å². The fourth-order valence-corrected chi connectivity index (χ4v) is 4.06. The van der Waals surface area contributed by atoms with Gasteiger partial charge in [-0.15, -0.1) is 0 Å². The summed E-state index contributed by atoms with van der Waals surface area (Å²) in [5.41, 5.74) is 1.03. The van der Waals surface area contributed by atoms with Crippen molar-refractivity contribution in [2.24, 2.45) is 0 Å². The van der Waals surface area contributed by atoms with Crippen LogP contribution >= 0.6 is 23.2 Å². The van der Waals surface area contributed by atoms with Crippen molar-refractivity contribution in [3.8, 4) is 0 Å². The summed E-state index contributed by atoms with van der Waals surface area (Å²) >= 11 is 12.2. The van der Waals surface area contributed by atoms with Crippen LogP contribution in [0, 0.1) is 0 Å². The summed E-state index contributed by atoms with van der Waals surface area (Å²) in [7, 11) is -3.26. The number of benzene rings is 1. The van der Waals surface area contributed by atoms with Gasteiger partial charge >= 0.3 is 0 Å². The molecule has 1 aliphatic rings. The quantitative estimate of drug-likeness (QED) is 0.670. The summed E-state index contributed by atoms with van der Waals surface area (Å²) < 4.78 is 23.4. The SMILES string of the molecule is CS(=O)(=O)c1ccc(N(CCN2CCCC2)Cc2ccc(Cl)c(Cl)c2)nc1. The van der Waals surface area contributed by atoms with Crippen molar-refractivity contribution >= 4 is 38.9 Å². The first-order chi connectivity index (χ1) is 12.8. The minimum atomic E-state index is -3.26. The Morgan fingerprint density at radius 3 is 2.44 bits per heavy atom. The van der Waals surface area contributed by atoms with Crippen molar-refractivity contribution in [2.75, 3.05) is 37.3 Å². The van der Waals surface area contributed by atoms with Crippen LogP contribution in [0.15, 0.2) is 41.4 Å². The van der Waals surface area contributed by atoms with E-state index in [1.807, 2.05) is 12.1 Å². The van der Waals surface area contributed by atoms with Gasteiger partial charge < -0.3 is 9.80 Å². The highest BCUT2D eigenvalue weighted by atomic mass is 35.5. The van der Waals surface area contributed by atoms with E-state index in [1.54, 1.807) is 18.2 Å². The third-order valence-corrected chi connectivity index (χ3v) is 6.55. The molecule has 1 aromatic carbocycles. The van der Waals surface area contributed by atoms with E-state index in [1.165, 1.54) is 25.3 Å². The maximum Gasteiger partial charge on any atom is 0.177 e. The van der Waals surface area contributed by atoms with Gasteiger partial charge in [-0.1, -0.05) is 29.3 Å². The van der Waals surface area contributed by atoms with Crippen LogP contribution in [0.3, 0.4) is 0 Å². The fourth-order valence-electron chi connectivity index (χ4n) is 3.18. The molecule has 0 radical (unpaired) electrons. The van der Waals surface area contributed by atoms with E-state index < -0.39 is 9.84 Å². The molecule has 0 amide bonds. The molecule has 5 nitrogen and oxygen atoms in total. The van der Waals surface area contributed by atoms with E-state index in [2.05, 4.69) is 14.8 Å². The van der Waals surface area contributed by atoms with E-state index in [4.69, 9.17) is 23.2 Å². The first-order valence-electron chi connectivity index (χ1n) is 8.90. The highest BCUT2D eigenvalue weighted by molar-refractivity contribution is 7.90. The maximum absolute atomic E-state index is 11.7. The number of rotatable bonds is 7. The average molecular weight is 428 g/mol. The highest BCUT2D eigenvalue weighted by Crippen LogP contribution is 2.24. The van der Waals surface area contributed by atoms with Crippen LogP contribution in [0.5, 0.6) is 0 Å². The molecule has 1 aliphatic heterocycles. The molecule has 0 aliphatic carbocycles. The van der Waals surface area contributed by atoms with Gasteiger partial charge in [-0.3, -0.25) is 0 Å². The van der Waals surface area contributed by atoms with Gasteiger partial charge in [-0.25, -0.2) is 13.4 Å². The molecule has 0 spiro atoms. The second-order valence-corrected chi connectivity index (χ2v) is 9.67. The third-order valence-electron chi connectivity index (χ3n) is 4.72. The minimum absolute atomic E-state index is 0.222. The Balaban J connectivity index is 1.80. The number of sulfone groups is 1. The fraction of sp³-hybridized carbons (Fsp3) is 0.421. The Morgan fingerprint density at radius 1 is 1.11 bits per heavy atom. The molecular weight excluding hydrogens is 405 g/mol. The normalized spacial score (nSPS) is 15.2. The molecule has 0 N–H and O–H groups in total. The Bertz CT molecular complexity index is 882. The molecule has 0 saturated carbocycles. The largest absolute Gasteiger partial charge is 0.351 e. The summed E-state index contributed by atoms with van der Waals surface area (Å²) in [5, 5.41) is 1.05. The lowest BCUT2D eigenvalue weighted by Crippen LogP contribution is -2.34. The first kappa shape index (κ1) is 20.4. The molecule has 0 bridgehead atoms. The number of likely N-dealkylation sites (tertiary alicyclic amines) is 1. The molecule has 0 unspecified atom stereocenters. The summed E-state index contributed by atoms with van der Waals surface area (Å²) in [6.45, 7) is 4.61. The molecule has 8 heteroatoms. The molecule has 0 atom stereocenters. The molecule has 1 aromatic heterocycles. The molecule has 1 saturated heterocycles. The van der Waals surface area contributed by atoms with Crippen LogP contribution in [-0.4, -0.2) is 50.7 Å². The van der Waals surface area contributed by atoms with Gasteiger partial charge in [0.25, 0.3) is 0 Å². The highest BCUT2D eigenvalue weighted by Gasteiger charge is 2.16. The zero-order valence-electron chi connectivity index (χ0n) is 15.2. The number of anilines is 1. The van der Waals surface area contributed by atoms with E-state index in [9.17, 15) is 8.42 Å². The van der Waals surface area contributed by atoms with Crippen molar-refractivity contribution < 1.29 is 8.42 Å². The zero-order valence-corrected chi connectivity index (χ0v) is 17.6. The van der Waals surface area contributed by atoms with E-state index in [0.717, 1.165) is 37.6 Å². The molecule has 2 heterocycles. The minimum Gasteiger partial charge on any atom is -0.351 e. The van der Waals surface area contributed by atoms with E-state index in [-0.39, 0.29) is 4.90 Å². The van der Waals surface area contributed by atoms with Crippen molar-refractivity contribution in [2.45, 2.75) is 24.3 Å². The van der Waals surface area contributed by atoms with Crippen molar-refractivity contribution in [3.63, 3.8) is 0 Å². The maximum atomic E-state index is 11.7. The Morgan fingerprint density at radius 2 is 1.85 bits per heavy atom. The standard InChI is InChI=1S/C19H23Cl2N3O2S/c1-27(25,26)16-5-7-19(22-13-16)24(11-10-23-8-2-3-9-23)14-15-4-6-17(20)18(21)12-15/h4-7,12-13H,2-3,8-11,14H2,1H3. The van der Waals surface area contributed by atoms with Gasteiger partial charge in [0.2, 0.25) is 0 Å². The van der Waals surface area contributed by atoms with Crippen molar-refractivity contribution in [1.82, 2.24) is 9.88 Å². The molecule has 2 aromatic rings. The van der Waals surface area contributed by atoms with Crippen LogP contribution in [0.25, 0.3) is 0 Å². The summed E-state index contributed by atoms with van der Waals surface area (Å²) in [4.78, 5) is 9.20. The monoisotopic (exact) mass is 427 g/mol. The van der Waals surface area contributed by atoms with Crippen LogP contribution in [0.2, 0.25) is 10.0 Å². The summed E-state index contributed by atoms with van der Waals surface area (Å²) in [5.74, 6) is 0.743. The zero-order chi connectivity index (χ0) is 19.4. The molecule has 27 heavy (non-hydrogen) atoms. The van der Waals surface area contributed by atoms with Gasteiger partial charge in [0.05, 0.1) is 14.9 Å². The van der Waals surface area contributed by atoms with Crippen LogP contribution in [0.4, 0.5) is 5.82 Å². The summed E-state index contributed by atoms with van der Waals surface area (Å²) in [6, 6.07) is 8.96. The van der Waals surface area contributed by atoms with Crippen molar-refractivity contribution in [1.29, 1.82) is 0 Å². The van der Waals surface area contributed by atoms with Gasteiger partial charge in [-0.2, -0.15) is 0 Å².